The Morgan fingerprint density at radius 1 is 1.15 bits per heavy atom. The Bertz CT molecular complexity index is 1030. The summed E-state index contributed by atoms with van der Waals surface area (Å²) in [5.41, 5.74) is -4.95. The second-order valence-corrected chi connectivity index (χ2v) is 16.3. The molecule has 0 spiro atoms. The summed E-state index contributed by atoms with van der Waals surface area (Å²) in [5, 5.41) is -0.373. The number of carbonyl (C=O) groups excluding carboxylic acids is 2. The Balaban J connectivity index is 1.88. The zero-order valence-corrected chi connectivity index (χ0v) is 20.7. The number of alkyl halides is 3. The van der Waals surface area contributed by atoms with Gasteiger partial charge in [-0.05, 0) is 10.6 Å². The third kappa shape index (κ3) is 4.49. The lowest BCUT2D eigenvalue weighted by molar-refractivity contribution is -0.147. The molecule has 3 rings (SSSR count). The fraction of sp³-hybridized carbons (Fsp3) is 0.600. The molecule has 8 nitrogen and oxygen atoms in total. The first-order valence-corrected chi connectivity index (χ1v) is 14.6. The molecule has 1 aromatic rings. The first kappa shape index (κ1) is 25.5. The molecule has 2 saturated heterocycles. The Hall–Kier alpha value is -2.12. The second kappa shape index (κ2) is 8.27. The molecule has 0 bridgehead atoms. The third-order valence-corrected chi connectivity index (χ3v) is 13.1. The van der Waals surface area contributed by atoms with Gasteiger partial charge in [-0.3, -0.25) is 13.9 Å². The third-order valence-electron chi connectivity index (χ3n) is 6.62. The van der Waals surface area contributed by atoms with Gasteiger partial charge in [0.25, 0.3) is 0 Å². The largest absolute Gasteiger partial charge is 0.523 e. The molecule has 0 saturated carbocycles. The number of hydrogen-bond donors (Lipinski definition) is 0. The maximum atomic E-state index is 13.1. The number of hydrogen-bond acceptors (Lipinski definition) is 6. The number of fused-ring (bicyclic) bond motifs is 1. The SMILES string of the molecule is CC(C)(C)[Si](C)(C)N1C(=O)C2C1C(OS(=O)(=O)C(F)(F)F)CN2C(=O)OCc1ccccc1. The number of rotatable bonds is 5. The van der Waals surface area contributed by atoms with E-state index >= 15 is 0 Å². The molecule has 3 unspecified atom stereocenters. The average Bonchev–Trinajstić information content (AvgIpc) is 2.98. The fourth-order valence-corrected chi connectivity index (χ4v) is 6.97. The number of halogens is 3. The van der Waals surface area contributed by atoms with E-state index in [4.69, 9.17) is 4.74 Å². The Kier molecular flexibility index (Phi) is 6.39. The van der Waals surface area contributed by atoms with Gasteiger partial charge in [0.05, 0.1) is 12.6 Å². The second-order valence-electron chi connectivity index (χ2n) is 9.68. The van der Waals surface area contributed by atoms with Crippen LogP contribution in [0.4, 0.5) is 18.0 Å². The summed E-state index contributed by atoms with van der Waals surface area (Å²) in [4.78, 5) is 26.8. The molecule has 0 N–H and O–H groups in total. The Morgan fingerprint density at radius 2 is 1.73 bits per heavy atom. The molecule has 0 radical (unpaired) electrons. The number of nitrogens with zero attached hydrogens (tertiary/aromatic N) is 2. The molecule has 2 heterocycles. The number of likely N-dealkylation sites (tertiary alicyclic amines) is 1. The summed E-state index contributed by atoms with van der Waals surface area (Å²) in [6.07, 6.45) is -2.48. The number of amides is 2. The molecule has 2 aliphatic heterocycles. The van der Waals surface area contributed by atoms with Crippen molar-refractivity contribution in [1.82, 2.24) is 9.47 Å². The van der Waals surface area contributed by atoms with Crippen LogP contribution in [0.1, 0.15) is 26.3 Å². The van der Waals surface area contributed by atoms with Crippen LogP contribution in [-0.4, -0.2) is 68.4 Å². The van der Waals surface area contributed by atoms with Crippen LogP contribution < -0.4 is 0 Å². The topological polar surface area (TPSA) is 93.2 Å². The molecule has 2 fully saturated rings. The van der Waals surface area contributed by atoms with Gasteiger partial charge < -0.3 is 9.30 Å². The normalized spacial score (nSPS) is 23.9. The van der Waals surface area contributed by atoms with Crippen molar-refractivity contribution in [3.8, 4) is 0 Å². The number of β-lactam (4-membered cyclic amide) rings is 1. The molecule has 0 aromatic heterocycles. The monoisotopic (exact) mass is 508 g/mol. The lowest BCUT2D eigenvalue weighted by atomic mass is 9.98. The maximum Gasteiger partial charge on any atom is 0.523 e. The highest BCUT2D eigenvalue weighted by molar-refractivity contribution is 7.87. The molecule has 1 aromatic carbocycles. The molecule has 33 heavy (non-hydrogen) atoms. The van der Waals surface area contributed by atoms with Gasteiger partial charge in [0.15, 0.2) is 8.24 Å². The lowest BCUT2D eigenvalue weighted by Gasteiger charge is -2.57. The van der Waals surface area contributed by atoms with Crippen molar-refractivity contribution < 1.29 is 40.1 Å². The minimum Gasteiger partial charge on any atom is -0.445 e. The van der Waals surface area contributed by atoms with E-state index < -0.39 is 60.6 Å². The van der Waals surface area contributed by atoms with E-state index in [1.807, 2.05) is 33.9 Å². The molecular formula is C20H27F3N2O6SSi. The quantitative estimate of drug-likeness (QED) is 0.262. The molecular weight excluding hydrogens is 481 g/mol. The highest BCUT2D eigenvalue weighted by Gasteiger charge is 2.67. The van der Waals surface area contributed by atoms with E-state index in [9.17, 15) is 31.2 Å². The van der Waals surface area contributed by atoms with Gasteiger partial charge in [-0.1, -0.05) is 64.2 Å². The number of benzene rings is 1. The van der Waals surface area contributed by atoms with E-state index in [1.165, 1.54) is 4.57 Å². The predicted octanol–water partition coefficient (Wildman–Crippen LogP) is 3.46. The Labute approximate surface area is 191 Å². The van der Waals surface area contributed by atoms with Crippen LogP contribution >= 0.6 is 0 Å². The van der Waals surface area contributed by atoms with Crippen molar-refractivity contribution in [3.05, 3.63) is 35.9 Å². The van der Waals surface area contributed by atoms with E-state index in [1.54, 1.807) is 30.3 Å². The van der Waals surface area contributed by atoms with E-state index in [0.29, 0.717) is 5.56 Å². The van der Waals surface area contributed by atoms with Gasteiger partial charge in [-0.15, -0.1) is 0 Å². The first-order chi connectivity index (χ1) is 15.0. The molecule has 2 aliphatic rings. The summed E-state index contributed by atoms with van der Waals surface area (Å²) in [6, 6.07) is 6.55. The lowest BCUT2D eigenvalue weighted by Crippen LogP contribution is -2.77. The summed E-state index contributed by atoms with van der Waals surface area (Å²) in [7, 11) is -8.55. The highest BCUT2D eigenvalue weighted by atomic mass is 32.2. The van der Waals surface area contributed by atoms with Gasteiger partial charge in [0.2, 0.25) is 5.91 Å². The summed E-state index contributed by atoms with van der Waals surface area (Å²) >= 11 is 0. The van der Waals surface area contributed by atoms with Crippen LogP contribution in [-0.2, 0) is 30.4 Å². The first-order valence-electron chi connectivity index (χ1n) is 10.3. The Morgan fingerprint density at radius 3 is 2.24 bits per heavy atom. The van der Waals surface area contributed by atoms with Crippen molar-refractivity contribution in [1.29, 1.82) is 0 Å². The molecule has 13 heteroatoms. The van der Waals surface area contributed by atoms with Gasteiger partial charge in [0.1, 0.15) is 18.8 Å². The van der Waals surface area contributed by atoms with Crippen molar-refractivity contribution in [2.75, 3.05) is 6.54 Å². The van der Waals surface area contributed by atoms with Crippen molar-refractivity contribution in [2.45, 2.75) is 69.2 Å². The molecule has 0 aliphatic carbocycles. The minimum atomic E-state index is -5.93. The number of ether oxygens (including phenoxy) is 1. The smallest absolute Gasteiger partial charge is 0.445 e. The minimum absolute atomic E-state index is 0.111. The van der Waals surface area contributed by atoms with Crippen LogP contribution in [0, 0.1) is 0 Å². The van der Waals surface area contributed by atoms with Crippen LogP contribution in [0.3, 0.4) is 0 Å². The summed E-state index contributed by atoms with van der Waals surface area (Å²) < 4.78 is 73.7. The predicted molar refractivity (Wildman–Crippen MR) is 115 cm³/mol. The van der Waals surface area contributed by atoms with E-state index in [0.717, 1.165) is 4.90 Å². The van der Waals surface area contributed by atoms with Crippen molar-refractivity contribution in [3.63, 3.8) is 0 Å². The van der Waals surface area contributed by atoms with Crippen molar-refractivity contribution >= 4 is 30.4 Å². The van der Waals surface area contributed by atoms with Crippen molar-refractivity contribution in [2.24, 2.45) is 0 Å². The standard InChI is InChI=1S/C20H27F3N2O6SSi/c1-19(2,3)33(4,5)25-15-14(31-32(28,29)20(21,22)23)11-24(16(15)17(25)26)18(27)30-12-13-9-7-6-8-10-13/h6-10,14-16H,11-12H2,1-5H3. The van der Waals surface area contributed by atoms with Crippen LogP contribution in [0.25, 0.3) is 0 Å². The zero-order valence-electron chi connectivity index (χ0n) is 18.9. The summed E-state index contributed by atoms with van der Waals surface area (Å²) in [5.74, 6) is -0.446. The van der Waals surface area contributed by atoms with Crippen LogP contribution in [0.5, 0.6) is 0 Å². The fourth-order valence-electron chi connectivity index (χ4n) is 3.90. The highest BCUT2D eigenvalue weighted by Crippen LogP contribution is 2.48. The van der Waals surface area contributed by atoms with Crippen LogP contribution in [0.2, 0.25) is 18.1 Å². The average molecular weight is 509 g/mol. The van der Waals surface area contributed by atoms with E-state index in [2.05, 4.69) is 4.18 Å². The van der Waals surface area contributed by atoms with Crippen LogP contribution in [0.15, 0.2) is 30.3 Å². The van der Waals surface area contributed by atoms with Gasteiger partial charge in [-0.25, -0.2) is 4.79 Å². The van der Waals surface area contributed by atoms with Gasteiger partial charge in [-0.2, -0.15) is 21.6 Å². The molecule has 3 atom stereocenters. The number of carbonyl (C=O) groups is 2. The maximum absolute atomic E-state index is 13.1. The molecule has 184 valence electrons. The molecule has 2 amide bonds. The van der Waals surface area contributed by atoms with Gasteiger partial charge >= 0.3 is 21.7 Å². The van der Waals surface area contributed by atoms with E-state index in [-0.39, 0.29) is 11.6 Å². The summed E-state index contributed by atoms with van der Waals surface area (Å²) in [6.45, 7) is 8.82. The zero-order chi connectivity index (χ0) is 25.0. The van der Waals surface area contributed by atoms with Gasteiger partial charge in [0, 0.05) is 0 Å².